The molecule has 0 saturated carbocycles. The maximum absolute atomic E-state index is 13.2. The Morgan fingerprint density at radius 1 is 0.795 bits per heavy atom. The fourth-order valence-corrected chi connectivity index (χ4v) is 6.48. The van der Waals surface area contributed by atoms with Crippen molar-refractivity contribution in [2.75, 3.05) is 0 Å². The summed E-state index contributed by atoms with van der Waals surface area (Å²) in [6.45, 7) is -0.634. The molecule has 5 rings (SSSR count). The monoisotopic (exact) mass is 645 g/mol. The molecule has 2 aromatic heterocycles. The Hall–Kier alpha value is -5.44. The highest BCUT2D eigenvalue weighted by Gasteiger charge is 2.41. The van der Waals surface area contributed by atoms with Crippen LogP contribution in [0, 0.1) is 20.2 Å². The molecule has 0 saturated heterocycles. The molecule has 0 atom stereocenters. The summed E-state index contributed by atoms with van der Waals surface area (Å²) in [6.07, 6.45) is 2.62. The van der Waals surface area contributed by atoms with Crippen molar-refractivity contribution in [3.8, 4) is 11.1 Å². The van der Waals surface area contributed by atoms with E-state index in [0.29, 0.717) is 12.1 Å². The fourth-order valence-electron chi connectivity index (χ4n) is 4.40. The topological polar surface area (TPSA) is 272 Å². The van der Waals surface area contributed by atoms with Gasteiger partial charge in [0.2, 0.25) is 20.0 Å². The Morgan fingerprint density at radius 2 is 1.23 bits per heavy atom. The number of nitro benzene ring substituents is 2. The summed E-state index contributed by atoms with van der Waals surface area (Å²) in [5.41, 5.74) is 3.34. The number of fused-ring (bicyclic) bond motifs is 3. The molecule has 2 heterocycles. The van der Waals surface area contributed by atoms with Crippen molar-refractivity contribution in [2.24, 2.45) is 10.8 Å². The smallest absolute Gasteiger partial charge is 0.332 e. The van der Waals surface area contributed by atoms with Crippen LogP contribution in [0.25, 0.3) is 11.1 Å². The van der Waals surface area contributed by atoms with Gasteiger partial charge in [0.1, 0.15) is 11.5 Å². The van der Waals surface area contributed by atoms with Gasteiger partial charge < -0.3 is 14.6 Å². The third kappa shape index (κ3) is 5.76. The van der Waals surface area contributed by atoms with Crippen molar-refractivity contribution in [1.29, 1.82) is 0 Å². The van der Waals surface area contributed by atoms with Gasteiger partial charge in [-0.3, -0.25) is 20.2 Å². The molecule has 2 amide bonds. The Morgan fingerprint density at radius 3 is 1.57 bits per heavy atom. The molecule has 2 aromatic carbocycles. The van der Waals surface area contributed by atoms with Gasteiger partial charge in [-0.25, -0.2) is 36.5 Å². The molecule has 5 N–H and O–H groups in total. The lowest BCUT2D eigenvalue weighted by atomic mass is 10.0. The molecule has 0 unspecified atom stereocenters. The quantitative estimate of drug-likeness (QED) is 0.119. The molecule has 44 heavy (non-hydrogen) atoms. The number of nitrogens with two attached hydrogens (primary N) is 1. The molecule has 20 heteroatoms. The highest BCUT2D eigenvalue weighted by Crippen LogP contribution is 2.49. The van der Waals surface area contributed by atoms with E-state index in [2.05, 4.69) is 14.5 Å². The summed E-state index contributed by atoms with van der Waals surface area (Å²) in [7, 11) is -8.95. The molecule has 0 aliphatic heterocycles. The van der Waals surface area contributed by atoms with Gasteiger partial charge in [0.25, 0.3) is 11.4 Å². The van der Waals surface area contributed by atoms with Crippen LogP contribution in [0.3, 0.4) is 0 Å². The summed E-state index contributed by atoms with van der Waals surface area (Å²) in [4.78, 5) is 32.8. The third-order valence-electron chi connectivity index (χ3n) is 6.27. The van der Waals surface area contributed by atoms with Crippen LogP contribution in [0.5, 0.6) is 0 Å². The molecule has 228 valence electrons. The predicted molar refractivity (Wildman–Crippen MR) is 149 cm³/mol. The van der Waals surface area contributed by atoms with E-state index in [9.17, 15) is 41.9 Å². The second kappa shape index (κ2) is 11.3. The normalized spacial score (nSPS) is 12.4. The Labute approximate surface area is 246 Å². The van der Waals surface area contributed by atoms with Crippen molar-refractivity contribution in [3.63, 3.8) is 0 Å². The Kier molecular flexibility index (Phi) is 7.73. The van der Waals surface area contributed by atoms with E-state index >= 15 is 0 Å². The maximum atomic E-state index is 13.2. The zero-order valence-corrected chi connectivity index (χ0v) is 23.5. The SMILES string of the molecule is NC(=O)NN=C1c2cc(S(=O)(=O)NCc3ccco3)cc([N+](=O)[O-])c2-c2c1cc(S(=O)(=O)NCc1ccco1)cc2[N+](=O)[O-]. The number of carbonyl (C=O) groups is 1. The molecule has 1 aliphatic carbocycles. The molecule has 0 fully saturated rings. The zero-order chi connectivity index (χ0) is 31.8. The van der Waals surface area contributed by atoms with Crippen LogP contribution < -0.4 is 20.6 Å². The number of primary amides is 1. The lowest BCUT2D eigenvalue weighted by molar-refractivity contribution is -0.386. The summed E-state index contributed by atoms with van der Waals surface area (Å²) >= 11 is 0. The van der Waals surface area contributed by atoms with Gasteiger partial charge in [0.15, 0.2) is 0 Å². The number of nitrogens with one attached hydrogen (secondary N) is 3. The standard InChI is InChI=1S/C24H19N7O11S2/c25-24(32)29-28-23-17-7-15(43(37,38)26-11-13-3-1-5-41-13)9-19(30(33)34)21(17)22-18(23)8-16(10-20(22)31(35)36)44(39,40)27-12-14-4-2-6-42-14/h1-10,26-27H,11-12H2,(H3,25,29,32). The number of rotatable bonds is 11. The predicted octanol–water partition coefficient (Wildman–Crippen LogP) is 2.05. The van der Waals surface area contributed by atoms with Gasteiger partial charge in [-0.05, 0) is 36.4 Å². The van der Waals surface area contributed by atoms with Crippen LogP contribution in [0.1, 0.15) is 22.6 Å². The van der Waals surface area contributed by atoms with E-state index in [4.69, 9.17) is 14.6 Å². The summed E-state index contributed by atoms with van der Waals surface area (Å²) in [6, 6.07) is 8.07. The minimum Gasteiger partial charge on any atom is -0.468 e. The Balaban J connectivity index is 1.71. The first-order chi connectivity index (χ1) is 20.8. The fraction of sp³-hybridized carbons (Fsp3) is 0.0833. The average molecular weight is 646 g/mol. The van der Waals surface area contributed by atoms with E-state index in [-0.39, 0.29) is 35.7 Å². The number of hydrazone groups is 1. The lowest BCUT2D eigenvalue weighted by Gasteiger charge is -2.10. The molecule has 1 aliphatic rings. The third-order valence-corrected chi connectivity index (χ3v) is 9.03. The lowest BCUT2D eigenvalue weighted by Crippen LogP contribution is -2.26. The van der Waals surface area contributed by atoms with Crippen molar-refractivity contribution in [2.45, 2.75) is 22.9 Å². The van der Waals surface area contributed by atoms with Crippen LogP contribution >= 0.6 is 0 Å². The van der Waals surface area contributed by atoms with Crippen LogP contribution in [-0.4, -0.2) is 38.4 Å². The second-order valence-corrected chi connectivity index (χ2v) is 12.5. The Bertz CT molecular complexity index is 1920. The maximum Gasteiger partial charge on any atom is 0.332 e. The summed E-state index contributed by atoms with van der Waals surface area (Å²) in [5.74, 6) is 0.462. The van der Waals surface area contributed by atoms with Crippen LogP contribution in [0.2, 0.25) is 0 Å². The summed E-state index contributed by atoms with van der Waals surface area (Å²) < 4.78 is 67.3. The van der Waals surface area contributed by atoms with Gasteiger partial charge in [-0.15, -0.1) is 0 Å². The van der Waals surface area contributed by atoms with Gasteiger partial charge in [-0.2, -0.15) is 5.10 Å². The van der Waals surface area contributed by atoms with Crippen molar-refractivity contribution < 1.29 is 40.3 Å². The first kappa shape index (κ1) is 30.0. The zero-order valence-electron chi connectivity index (χ0n) is 21.9. The van der Waals surface area contributed by atoms with Crippen molar-refractivity contribution >= 4 is 43.2 Å². The number of nitrogens with zero attached hydrogens (tertiary/aromatic N) is 3. The number of benzene rings is 2. The molecule has 0 spiro atoms. The van der Waals surface area contributed by atoms with Crippen LogP contribution in [-0.2, 0) is 33.1 Å². The number of furan rings is 2. The molecule has 0 bridgehead atoms. The van der Waals surface area contributed by atoms with E-state index in [1.54, 1.807) is 0 Å². The van der Waals surface area contributed by atoms with Gasteiger partial charge in [0, 0.05) is 23.3 Å². The largest absolute Gasteiger partial charge is 0.468 e. The van der Waals surface area contributed by atoms with Gasteiger partial charge in [-0.1, -0.05) is 0 Å². The molecule has 18 nitrogen and oxygen atoms in total. The number of amides is 2. The second-order valence-electron chi connectivity index (χ2n) is 8.99. The van der Waals surface area contributed by atoms with Crippen molar-refractivity contribution in [3.05, 3.63) is 104 Å². The minimum absolute atomic E-state index is 0.231. The van der Waals surface area contributed by atoms with Gasteiger partial charge >= 0.3 is 6.03 Å². The van der Waals surface area contributed by atoms with Crippen LogP contribution in [0.15, 0.2) is 84.8 Å². The number of sulfonamides is 2. The van der Waals surface area contributed by atoms with E-state index < -0.39 is 73.9 Å². The molecule has 0 radical (unpaired) electrons. The summed E-state index contributed by atoms with van der Waals surface area (Å²) in [5, 5.41) is 28.3. The van der Waals surface area contributed by atoms with Gasteiger partial charge in [0.05, 0.1) is 62.1 Å². The van der Waals surface area contributed by atoms with Crippen LogP contribution in [0.4, 0.5) is 16.2 Å². The number of hydrogen-bond donors (Lipinski definition) is 4. The molecular formula is C24H19N7O11S2. The average Bonchev–Trinajstić information content (AvgIpc) is 3.74. The number of urea groups is 1. The molecular weight excluding hydrogens is 626 g/mol. The highest BCUT2D eigenvalue weighted by atomic mass is 32.2. The van der Waals surface area contributed by atoms with E-state index in [1.165, 1.54) is 36.8 Å². The number of hydrogen-bond acceptors (Lipinski definition) is 12. The van der Waals surface area contributed by atoms with E-state index in [0.717, 1.165) is 12.1 Å². The minimum atomic E-state index is -4.47. The molecule has 4 aromatic rings. The van der Waals surface area contributed by atoms with E-state index in [1.807, 2.05) is 5.43 Å². The first-order valence-corrected chi connectivity index (χ1v) is 15.1. The highest BCUT2D eigenvalue weighted by molar-refractivity contribution is 7.89. The number of carbonyl (C=O) groups excluding carboxylic acids is 1. The van der Waals surface area contributed by atoms with Crippen molar-refractivity contribution in [1.82, 2.24) is 14.9 Å². The number of nitro groups is 2. The first-order valence-electron chi connectivity index (χ1n) is 12.1.